The van der Waals surface area contributed by atoms with Crippen molar-refractivity contribution in [2.75, 3.05) is 0 Å². The molecular formula is C15H15N. The third-order valence-electron chi connectivity index (χ3n) is 2.53. The Morgan fingerprint density at radius 2 is 1.50 bits per heavy atom. The van der Waals surface area contributed by atoms with E-state index in [1.165, 1.54) is 16.7 Å². The molecule has 0 spiro atoms. The zero-order valence-electron chi connectivity index (χ0n) is 9.14. The van der Waals surface area contributed by atoms with Gasteiger partial charge in [0.05, 0.1) is 0 Å². The smallest absolute Gasteiger partial charge is 0.0184 e. The molecule has 2 aromatic rings. The first-order valence-corrected chi connectivity index (χ1v) is 5.41. The number of benzene rings is 2. The van der Waals surface area contributed by atoms with Crippen LogP contribution in [0.5, 0.6) is 0 Å². The molecule has 0 atom stereocenters. The molecular weight excluding hydrogens is 194 g/mol. The van der Waals surface area contributed by atoms with Crippen molar-refractivity contribution in [3.8, 4) is 0 Å². The van der Waals surface area contributed by atoms with E-state index in [0.29, 0.717) is 6.54 Å². The topological polar surface area (TPSA) is 26.0 Å². The van der Waals surface area contributed by atoms with E-state index in [9.17, 15) is 0 Å². The Morgan fingerprint density at radius 3 is 2.25 bits per heavy atom. The second kappa shape index (κ2) is 5.29. The Hall–Kier alpha value is -1.86. The molecule has 16 heavy (non-hydrogen) atoms. The highest BCUT2D eigenvalue weighted by Crippen LogP contribution is 2.12. The van der Waals surface area contributed by atoms with Crippen LogP contribution in [-0.4, -0.2) is 0 Å². The van der Waals surface area contributed by atoms with Crippen molar-refractivity contribution >= 4 is 12.2 Å². The number of hydrogen-bond acceptors (Lipinski definition) is 1. The van der Waals surface area contributed by atoms with Crippen molar-refractivity contribution in [2.24, 2.45) is 5.73 Å². The highest BCUT2D eigenvalue weighted by Gasteiger charge is 1.94. The summed E-state index contributed by atoms with van der Waals surface area (Å²) in [6, 6.07) is 18.5. The predicted octanol–water partition coefficient (Wildman–Crippen LogP) is 3.32. The molecule has 1 heteroatoms. The molecule has 0 aliphatic carbocycles. The summed E-state index contributed by atoms with van der Waals surface area (Å²) in [5, 5.41) is 0. The Bertz CT molecular complexity index is 472. The standard InChI is InChI=1S/C15H15N/c16-12-15-9-5-4-8-14(15)11-10-13-6-2-1-3-7-13/h1-11H,12,16H2/b11-10+. The van der Waals surface area contributed by atoms with E-state index in [1.54, 1.807) is 0 Å². The lowest BCUT2D eigenvalue weighted by Crippen LogP contribution is -1.97. The number of nitrogens with two attached hydrogens (primary N) is 1. The molecule has 0 saturated heterocycles. The Morgan fingerprint density at radius 1 is 0.812 bits per heavy atom. The normalized spacial score (nSPS) is 10.8. The van der Waals surface area contributed by atoms with E-state index in [-0.39, 0.29) is 0 Å². The SMILES string of the molecule is NCc1ccccc1/C=C/c1ccccc1. The van der Waals surface area contributed by atoms with Gasteiger partial charge in [0.1, 0.15) is 0 Å². The molecule has 2 N–H and O–H groups in total. The molecule has 0 aromatic heterocycles. The van der Waals surface area contributed by atoms with Gasteiger partial charge in [-0.15, -0.1) is 0 Å². The van der Waals surface area contributed by atoms with Gasteiger partial charge in [0, 0.05) is 6.54 Å². The van der Waals surface area contributed by atoms with Gasteiger partial charge in [0.15, 0.2) is 0 Å². The fraction of sp³-hybridized carbons (Fsp3) is 0.0667. The van der Waals surface area contributed by atoms with Crippen molar-refractivity contribution in [1.29, 1.82) is 0 Å². The van der Waals surface area contributed by atoms with Gasteiger partial charge >= 0.3 is 0 Å². The molecule has 0 unspecified atom stereocenters. The summed E-state index contributed by atoms with van der Waals surface area (Å²) in [4.78, 5) is 0. The van der Waals surface area contributed by atoms with Crippen LogP contribution >= 0.6 is 0 Å². The van der Waals surface area contributed by atoms with E-state index in [4.69, 9.17) is 5.73 Å². The fourth-order valence-electron chi connectivity index (χ4n) is 1.63. The van der Waals surface area contributed by atoms with E-state index in [2.05, 4.69) is 36.4 Å². The van der Waals surface area contributed by atoms with Crippen LogP contribution in [0.4, 0.5) is 0 Å². The summed E-state index contributed by atoms with van der Waals surface area (Å²) in [6.07, 6.45) is 4.21. The molecule has 80 valence electrons. The van der Waals surface area contributed by atoms with Crippen LogP contribution in [0.15, 0.2) is 54.6 Å². The van der Waals surface area contributed by atoms with Gasteiger partial charge in [-0.05, 0) is 16.7 Å². The van der Waals surface area contributed by atoms with Crippen molar-refractivity contribution < 1.29 is 0 Å². The second-order valence-corrected chi connectivity index (χ2v) is 3.65. The van der Waals surface area contributed by atoms with Crippen molar-refractivity contribution in [3.63, 3.8) is 0 Å². The van der Waals surface area contributed by atoms with Crippen molar-refractivity contribution in [1.82, 2.24) is 0 Å². The minimum Gasteiger partial charge on any atom is -0.326 e. The van der Waals surface area contributed by atoms with Crippen LogP contribution in [0.25, 0.3) is 12.2 Å². The average Bonchev–Trinajstić information content (AvgIpc) is 2.38. The Kier molecular flexibility index (Phi) is 3.52. The average molecular weight is 209 g/mol. The zero-order valence-corrected chi connectivity index (χ0v) is 9.14. The summed E-state index contributed by atoms with van der Waals surface area (Å²) in [6.45, 7) is 0.579. The molecule has 0 radical (unpaired) electrons. The fourth-order valence-corrected chi connectivity index (χ4v) is 1.63. The lowest BCUT2D eigenvalue weighted by Gasteiger charge is -2.01. The third kappa shape index (κ3) is 2.59. The van der Waals surface area contributed by atoms with Crippen LogP contribution in [0, 0.1) is 0 Å². The van der Waals surface area contributed by atoms with Gasteiger partial charge in [0.25, 0.3) is 0 Å². The Balaban J connectivity index is 2.24. The summed E-state index contributed by atoms with van der Waals surface area (Å²) in [7, 11) is 0. The molecule has 0 amide bonds. The van der Waals surface area contributed by atoms with Gasteiger partial charge < -0.3 is 5.73 Å². The van der Waals surface area contributed by atoms with Crippen LogP contribution in [-0.2, 0) is 6.54 Å². The lowest BCUT2D eigenvalue weighted by molar-refractivity contribution is 1.07. The van der Waals surface area contributed by atoms with E-state index in [1.807, 2.05) is 30.3 Å². The maximum atomic E-state index is 5.69. The van der Waals surface area contributed by atoms with Gasteiger partial charge in [-0.2, -0.15) is 0 Å². The molecule has 1 nitrogen and oxygen atoms in total. The molecule has 2 rings (SSSR count). The quantitative estimate of drug-likeness (QED) is 0.771. The van der Waals surface area contributed by atoms with E-state index >= 15 is 0 Å². The maximum absolute atomic E-state index is 5.69. The van der Waals surface area contributed by atoms with E-state index < -0.39 is 0 Å². The molecule has 0 bridgehead atoms. The van der Waals surface area contributed by atoms with Crippen molar-refractivity contribution in [3.05, 3.63) is 71.3 Å². The summed E-state index contributed by atoms with van der Waals surface area (Å²) < 4.78 is 0. The van der Waals surface area contributed by atoms with Gasteiger partial charge in [0.2, 0.25) is 0 Å². The minimum absolute atomic E-state index is 0.579. The second-order valence-electron chi connectivity index (χ2n) is 3.65. The first-order chi connectivity index (χ1) is 7.90. The lowest BCUT2D eigenvalue weighted by atomic mass is 10.1. The van der Waals surface area contributed by atoms with Gasteiger partial charge in [-0.1, -0.05) is 66.7 Å². The number of hydrogen-bond donors (Lipinski definition) is 1. The Labute approximate surface area is 96.2 Å². The van der Waals surface area contributed by atoms with Crippen LogP contribution in [0.2, 0.25) is 0 Å². The minimum atomic E-state index is 0.579. The highest BCUT2D eigenvalue weighted by atomic mass is 14.5. The summed E-state index contributed by atoms with van der Waals surface area (Å²) in [5.74, 6) is 0. The molecule has 0 heterocycles. The maximum Gasteiger partial charge on any atom is 0.0184 e. The number of rotatable bonds is 3. The van der Waals surface area contributed by atoms with E-state index in [0.717, 1.165) is 0 Å². The predicted molar refractivity (Wildman–Crippen MR) is 69.7 cm³/mol. The molecule has 0 saturated carbocycles. The molecule has 0 aliphatic heterocycles. The third-order valence-corrected chi connectivity index (χ3v) is 2.53. The molecule has 0 fully saturated rings. The first kappa shape index (κ1) is 10.7. The molecule has 0 aliphatic rings. The summed E-state index contributed by atoms with van der Waals surface area (Å²) >= 11 is 0. The van der Waals surface area contributed by atoms with Gasteiger partial charge in [-0.3, -0.25) is 0 Å². The molecule has 2 aromatic carbocycles. The highest BCUT2D eigenvalue weighted by molar-refractivity contribution is 5.71. The van der Waals surface area contributed by atoms with Gasteiger partial charge in [-0.25, -0.2) is 0 Å². The van der Waals surface area contributed by atoms with Crippen molar-refractivity contribution in [2.45, 2.75) is 6.54 Å². The van der Waals surface area contributed by atoms with Crippen LogP contribution in [0.3, 0.4) is 0 Å². The summed E-state index contributed by atoms with van der Waals surface area (Å²) in [5.41, 5.74) is 9.25. The first-order valence-electron chi connectivity index (χ1n) is 5.41. The zero-order chi connectivity index (χ0) is 11.2. The largest absolute Gasteiger partial charge is 0.326 e. The monoisotopic (exact) mass is 209 g/mol. The van der Waals surface area contributed by atoms with Crippen LogP contribution in [0.1, 0.15) is 16.7 Å². The van der Waals surface area contributed by atoms with Crippen LogP contribution < -0.4 is 5.73 Å².